The molecule has 3 aliphatic carbocycles. The van der Waals surface area contributed by atoms with Gasteiger partial charge in [0, 0.05) is 0 Å². The predicted octanol–water partition coefficient (Wildman–Crippen LogP) is -2.71. The highest BCUT2D eigenvalue weighted by atomic mass is 32.3. The number of aliphatic hydroxyl groups excluding tert-OH is 3. The highest BCUT2D eigenvalue weighted by Gasteiger charge is 2.70. The molecule has 240 valence electrons. The topological polar surface area (TPSA) is 351 Å². The van der Waals surface area contributed by atoms with E-state index < -0.39 is 102 Å². The highest BCUT2D eigenvalue weighted by Crippen LogP contribution is 2.57. The van der Waals surface area contributed by atoms with Crippen LogP contribution < -0.4 is 5.73 Å². The van der Waals surface area contributed by atoms with Crippen LogP contribution in [-0.2, 0) is 40.8 Å². The molecule has 4 rings (SSSR count). The summed E-state index contributed by atoms with van der Waals surface area (Å²) in [7, 11) is -6.54. The number of aromatic hydroxyl groups is 1. The van der Waals surface area contributed by atoms with E-state index in [2.05, 4.69) is 0 Å². The second-order valence-electron chi connectivity index (χ2n) is 9.96. The van der Waals surface area contributed by atoms with E-state index in [1.165, 1.54) is 44.1 Å². The molecule has 0 aromatic heterocycles. The molecule has 0 aliphatic heterocycles. The van der Waals surface area contributed by atoms with Gasteiger partial charge in [-0.1, -0.05) is 12.1 Å². The maximum atomic E-state index is 13.7. The molecule has 21 heteroatoms. The number of fused-ring (bicyclic) bond motifs is 3. The summed E-state index contributed by atoms with van der Waals surface area (Å²) in [6.07, 6.45) is -1.87. The number of phenolic OH excluding ortho intramolecular Hbond substituents is 1. The number of carbonyl (C=O) groups is 3. The largest absolute Gasteiger partial charge is 0.508 e. The van der Waals surface area contributed by atoms with Gasteiger partial charge in [-0.3, -0.25) is 37.5 Å². The standard InChI is InChI=1S/C22H24N2O9.2H2O4S/c1-21(32)7-5-4-6-8(25)9(7)15(26)10-12(21)17(28)13-14(24(2)3)16(27)11(20(23)31)19(30)22(13,33)18(10)29;2*1-5(2,3)4/h4-6,12-14,17,25-26,28,30,32-33H,1-3H3,(H2,23,31);2*(H2,1,2,3,4)/t12-,13-,14+,17+,21-,22+;;/m1../s1. The molecule has 12 N–H and O–H groups in total. The molecule has 0 saturated heterocycles. The fourth-order valence-electron chi connectivity index (χ4n) is 5.60. The van der Waals surface area contributed by atoms with Crippen LogP contribution in [0.1, 0.15) is 18.1 Å². The van der Waals surface area contributed by atoms with Gasteiger partial charge in [0.15, 0.2) is 11.4 Å². The van der Waals surface area contributed by atoms with Crippen molar-refractivity contribution in [1.82, 2.24) is 4.90 Å². The molecule has 1 aromatic rings. The Hall–Kier alpha value is -3.51. The van der Waals surface area contributed by atoms with Crippen molar-refractivity contribution in [3.8, 4) is 5.75 Å². The monoisotopic (exact) mass is 656 g/mol. The summed E-state index contributed by atoms with van der Waals surface area (Å²) < 4.78 is 63.2. The number of hydrogen-bond donors (Lipinski definition) is 11. The number of amides is 1. The minimum Gasteiger partial charge on any atom is -0.508 e. The van der Waals surface area contributed by atoms with Gasteiger partial charge in [-0.05, 0) is 32.6 Å². The number of benzene rings is 1. The van der Waals surface area contributed by atoms with Gasteiger partial charge in [-0.15, -0.1) is 0 Å². The van der Waals surface area contributed by atoms with Crippen LogP contribution in [0.2, 0.25) is 0 Å². The minimum atomic E-state index is -4.67. The summed E-state index contributed by atoms with van der Waals surface area (Å²) >= 11 is 0. The van der Waals surface area contributed by atoms with Gasteiger partial charge in [0.05, 0.1) is 40.7 Å². The first kappa shape index (κ1) is 35.7. The zero-order chi connectivity index (χ0) is 33.8. The summed E-state index contributed by atoms with van der Waals surface area (Å²) in [4.78, 5) is 39.9. The number of ketones is 2. The van der Waals surface area contributed by atoms with Crippen LogP contribution in [-0.4, -0.2) is 120 Å². The summed E-state index contributed by atoms with van der Waals surface area (Å²) in [6.45, 7) is 1.25. The number of nitrogens with zero attached hydrogens (tertiary/aromatic N) is 1. The van der Waals surface area contributed by atoms with E-state index >= 15 is 0 Å². The van der Waals surface area contributed by atoms with Gasteiger partial charge in [-0.25, -0.2) is 0 Å². The number of primary amides is 1. The van der Waals surface area contributed by atoms with Crippen LogP contribution in [0.15, 0.2) is 35.1 Å². The van der Waals surface area contributed by atoms with Gasteiger partial charge < -0.3 is 36.4 Å². The molecule has 1 aromatic carbocycles. The molecule has 43 heavy (non-hydrogen) atoms. The fourth-order valence-corrected chi connectivity index (χ4v) is 5.60. The Morgan fingerprint density at radius 1 is 0.953 bits per heavy atom. The first-order valence-corrected chi connectivity index (χ1v) is 14.3. The fraction of sp³-hybridized carbons (Fsp3) is 0.409. The average molecular weight is 657 g/mol. The molecule has 0 heterocycles. The summed E-state index contributed by atoms with van der Waals surface area (Å²) in [5.41, 5.74) is -1.78. The molecular formula is C22H28N2O17S2. The lowest BCUT2D eigenvalue weighted by Gasteiger charge is -2.55. The molecule has 1 amide bonds. The number of phenols is 1. The number of nitrogens with two attached hydrogens (primary N) is 1. The van der Waals surface area contributed by atoms with Gasteiger partial charge >= 0.3 is 20.8 Å². The van der Waals surface area contributed by atoms with E-state index in [0.717, 1.165) is 0 Å². The quantitative estimate of drug-likeness (QED) is 0.114. The third-order valence-corrected chi connectivity index (χ3v) is 7.03. The molecule has 6 atom stereocenters. The lowest BCUT2D eigenvalue weighted by atomic mass is 9.53. The minimum absolute atomic E-state index is 0.00664. The first-order chi connectivity index (χ1) is 19.2. The SMILES string of the molecule is CN(C)[C@@H]1C(=O)C(C(N)=O)=C(O)[C@@]2(O)C(=O)C3=C(O)c4c(O)cccc4[C@@](C)(O)[C@H]3[C@H](O)[C@@H]12.O=S(=O)(O)O.O=S(=O)(O)O. The first-order valence-electron chi connectivity index (χ1n) is 11.5. The summed E-state index contributed by atoms with van der Waals surface area (Å²) in [5, 5.41) is 66.3. The Labute approximate surface area is 242 Å². The van der Waals surface area contributed by atoms with Crippen molar-refractivity contribution in [3.63, 3.8) is 0 Å². The van der Waals surface area contributed by atoms with Crippen molar-refractivity contribution in [3.05, 3.63) is 46.2 Å². The third-order valence-electron chi connectivity index (χ3n) is 7.03. The number of carbonyl (C=O) groups excluding carboxylic acids is 3. The Morgan fingerprint density at radius 2 is 1.42 bits per heavy atom. The van der Waals surface area contributed by atoms with Crippen LogP contribution in [0, 0.1) is 11.8 Å². The normalized spacial score (nSPS) is 30.3. The van der Waals surface area contributed by atoms with E-state index in [1.54, 1.807) is 0 Å². The van der Waals surface area contributed by atoms with Crippen molar-refractivity contribution in [2.45, 2.75) is 30.3 Å². The van der Waals surface area contributed by atoms with Crippen LogP contribution in [0.25, 0.3) is 5.76 Å². The third kappa shape index (κ3) is 6.54. The van der Waals surface area contributed by atoms with E-state index in [-0.39, 0.29) is 11.1 Å². The van der Waals surface area contributed by atoms with Crippen LogP contribution in [0.3, 0.4) is 0 Å². The second-order valence-corrected chi connectivity index (χ2v) is 11.7. The number of hydrogen-bond acceptors (Lipinski definition) is 14. The zero-order valence-corrected chi connectivity index (χ0v) is 23.8. The maximum absolute atomic E-state index is 13.7. The van der Waals surface area contributed by atoms with Crippen LogP contribution >= 0.6 is 0 Å². The Balaban J connectivity index is 0.000000559. The van der Waals surface area contributed by atoms with Gasteiger partial charge in [-0.2, -0.15) is 16.8 Å². The van der Waals surface area contributed by atoms with E-state index in [4.69, 9.17) is 40.8 Å². The zero-order valence-electron chi connectivity index (χ0n) is 22.2. The van der Waals surface area contributed by atoms with Crippen molar-refractivity contribution < 1.29 is 80.1 Å². The van der Waals surface area contributed by atoms with Crippen molar-refractivity contribution in [1.29, 1.82) is 0 Å². The Kier molecular flexibility index (Phi) is 9.57. The number of likely N-dealkylation sites (N-methyl/N-ethyl adjacent to an activating group) is 1. The van der Waals surface area contributed by atoms with E-state index in [9.17, 15) is 45.0 Å². The van der Waals surface area contributed by atoms with Gasteiger partial charge in [0.1, 0.15) is 22.8 Å². The second kappa shape index (κ2) is 11.5. The lowest BCUT2D eigenvalue weighted by molar-refractivity contribution is -0.181. The smallest absolute Gasteiger partial charge is 0.394 e. The average Bonchev–Trinajstić information content (AvgIpc) is 2.79. The summed E-state index contributed by atoms with van der Waals surface area (Å²) in [6, 6.07) is 2.50. The van der Waals surface area contributed by atoms with Gasteiger partial charge in [0.2, 0.25) is 5.78 Å². The molecule has 0 radical (unpaired) electrons. The maximum Gasteiger partial charge on any atom is 0.394 e. The highest BCUT2D eigenvalue weighted by molar-refractivity contribution is 7.80. The molecule has 0 bridgehead atoms. The lowest BCUT2D eigenvalue weighted by Crippen LogP contribution is -2.71. The molecule has 0 unspecified atom stereocenters. The molecule has 1 saturated carbocycles. The van der Waals surface area contributed by atoms with Gasteiger partial charge in [0.25, 0.3) is 5.91 Å². The number of Topliss-reactive ketones (excluding diaryl/α,β-unsaturated/α-hetero) is 2. The summed E-state index contributed by atoms with van der Waals surface area (Å²) in [5.74, 6) is -9.67. The van der Waals surface area contributed by atoms with Crippen molar-refractivity contribution in [2.24, 2.45) is 17.6 Å². The number of aliphatic hydroxyl groups is 5. The molecule has 1 fully saturated rings. The molecular weight excluding hydrogens is 628 g/mol. The molecule has 19 nitrogen and oxygen atoms in total. The van der Waals surface area contributed by atoms with Crippen molar-refractivity contribution >= 4 is 44.0 Å². The Morgan fingerprint density at radius 3 is 1.84 bits per heavy atom. The van der Waals surface area contributed by atoms with Crippen LogP contribution in [0.4, 0.5) is 0 Å². The van der Waals surface area contributed by atoms with E-state index in [0.29, 0.717) is 0 Å². The van der Waals surface area contributed by atoms with Crippen LogP contribution in [0.5, 0.6) is 5.75 Å². The Bertz CT molecular complexity index is 1600. The number of rotatable bonds is 2. The molecule has 3 aliphatic rings. The molecule has 0 spiro atoms. The van der Waals surface area contributed by atoms with E-state index in [1.807, 2.05) is 0 Å². The predicted molar refractivity (Wildman–Crippen MR) is 140 cm³/mol. The van der Waals surface area contributed by atoms with Crippen molar-refractivity contribution in [2.75, 3.05) is 14.1 Å².